The molecule has 0 amide bonds. The van der Waals surface area contributed by atoms with Gasteiger partial charge in [0.15, 0.2) is 0 Å². The van der Waals surface area contributed by atoms with Gasteiger partial charge in [-0.1, -0.05) is 17.7 Å². The van der Waals surface area contributed by atoms with Crippen molar-refractivity contribution in [3.05, 3.63) is 44.9 Å². The van der Waals surface area contributed by atoms with E-state index in [0.717, 1.165) is 15.6 Å². The smallest absolute Gasteiger partial charge is 0.149 e. The highest BCUT2D eigenvalue weighted by Gasteiger charge is 2.09. The summed E-state index contributed by atoms with van der Waals surface area (Å²) < 4.78 is 0. The number of aromatic nitrogens is 1. The number of thiazole rings is 1. The molecule has 0 bridgehead atoms. The molecule has 100 valence electrons. The minimum atomic E-state index is 0.193. The van der Waals surface area contributed by atoms with Crippen molar-refractivity contribution in [2.75, 3.05) is 5.75 Å². The van der Waals surface area contributed by atoms with Crippen molar-refractivity contribution >= 4 is 40.5 Å². The highest BCUT2D eigenvalue weighted by atomic mass is 35.5. The second-order valence-electron chi connectivity index (χ2n) is 4.21. The van der Waals surface area contributed by atoms with Gasteiger partial charge in [-0.25, -0.2) is 4.98 Å². The van der Waals surface area contributed by atoms with E-state index >= 15 is 0 Å². The second kappa shape index (κ2) is 6.55. The molecular weight excluding hydrogens is 298 g/mol. The van der Waals surface area contributed by atoms with E-state index in [1.165, 1.54) is 16.6 Å². The largest absolute Gasteiger partial charge is 0.298 e. The first-order valence-electron chi connectivity index (χ1n) is 5.87. The fourth-order valence-electron chi connectivity index (χ4n) is 1.56. The number of nitrogens with zero attached hydrogens (tertiary/aromatic N) is 1. The van der Waals surface area contributed by atoms with Crippen LogP contribution in [-0.2, 0) is 11.2 Å². The van der Waals surface area contributed by atoms with Crippen LogP contribution in [-0.4, -0.2) is 16.5 Å². The Morgan fingerprint density at radius 3 is 2.84 bits per heavy atom. The summed E-state index contributed by atoms with van der Waals surface area (Å²) >= 11 is 9.02. The number of aryl methyl sites for hydroxylation is 2. The van der Waals surface area contributed by atoms with Crippen molar-refractivity contribution in [3.63, 3.8) is 0 Å². The molecule has 0 aliphatic heterocycles. The fraction of sp³-hybridized carbons (Fsp3) is 0.286. The number of benzene rings is 1. The molecule has 5 heteroatoms. The summed E-state index contributed by atoms with van der Waals surface area (Å²) in [5, 5.41) is 1.61. The molecule has 0 saturated carbocycles. The minimum Gasteiger partial charge on any atom is -0.298 e. The van der Waals surface area contributed by atoms with E-state index in [1.54, 1.807) is 11.3 Å². The van der Waals surface area contributed by atoms with Crippen LogP contribution in [0.3, 0.4) is 0 Å². The SMILES string of the molecule is Cc1nc(CC(=O)CSc2cccc(Cl)c2)sc1C. The molecule has 0 radical (unpaired) electrons. The molecule has 2 nitrogen and oxygen atoms in total. The Kier molecular flexibility index (Phi) is 5.02. The summed E-state index contributed by atoms with van der Waals surface area (Å²) in [5.74, 6) is 0.650. The summed E-state index contributed by atoms with van der Waals surface area (Å²) in [6.07, 6.45) is 0.424. The maximum Gasteiger partial charge on any atom is 0.149 e. The van der Waals surface area contributed by atoms with E-state index in [9.17, 15) is 4.79 Å². The van der Waals surface area contributed by atoms with Crippen LogP contribution in [0.15, 0.2) is 29.2 Å². The summed E-state index contributed by atoms with van der Waals surface area (Å²) in [6.45, 7) is 4.00. The van der Waals surface area contributed by atoms with Crippen LogP contribution in [0.1, 0.15) is 15.6 Å². The molecule has 2 rings (SSSR count). The molecule has 0 unspecified atom stereocenters. The number of rotatable bonds is 5. The first kappa shape index (κ1) is 14.6. The Morgan fingerprint density at radius 1 is 1.42 bits per heavy atom. The number of hydrogen-bond donors (Lipinski definition) is 0. The van der Waals surface area contributed by atoms with E-state index < -0.39 is 0 Å². The van der Waals surface area contributed by atoms with E-state index in [-0.39, 0.29) is 5.78 Å². The number of thioether (sulfide) groups is 1. The molecule has 0 N–H and O–H groups in total. The summed E-state index contributed by atoms with van der Waals surface area (Å²) in [4.78, 5) is 18.5. The lowest BCUT2D eigenvalue weighted by Crippen LogP contribution is -2.05. The molecule has 1 heterocycles. The Labute approximate surface area is 126 Å². The molecule has 1 aromatic carbocycles. The maximum atomic E-state index is 11.9. The molecular formula is C14H14ClNOS2. The lowest BCUT2D eigenvalue weighted by Gasteiger charge is -2.00. The van der Waals surface area contributed by atoms with Gasteiger partial charge in [-0.05, 0) is 32.0 Å². The Bertz CT molecular complexity index is 575. The number of carbonyl (C=O) groups is 1. The summed E-state index contributed by atoms with van der Waals surface area (Å²) in [6, 6.07) is 7.55. The highest BCUT2D eigenvalue weighted by molar-refractivity contribution is 8.00. The van der Waals surface area contributed by atoms with Gasteiger partial charge in [0.25, 0.3) is 0 Å². The average Bonchev–Trinajstić information content (AvgIpc) is 2.66. The molecule has 1 aromatic heterocycles. The van der Waals surface area contributed by atoms with Gasteiger partial charge in [-0.3, -0.25) is 4.79 Å². The maximum absolute atomic E-state index is 11.9. The zero-order valence-corrected chi connectivity index (χ0v) is 13.2. The van der Waals surface area contributed by atoms with Gasteiger partial charge in [0.1, 0.15) is 10.8 Å². The van der Waals surface area contributed by atoms with Crippen molar-refractivity contribution in [2.45, 2.75) is 25.2 Å². The third kappa shape index (κ3) is 4.34. The topological polar surface area (TPSA) is 30.0 Å². The molecule has 0 saturated heterocycles. The van der Waals surface area contributed by atoms with Gasteiger partial charge in [0, 0.05) is 14.8 Å². The van der Waals surface area contributed by atoms with Gasteiger partial charge in [-0.2, -0.15) is 0 Å². The van der Waals surface area contributed by atoms with Gasteiger partial charge in [-0.15, -0.1) is 23.1 Å². The predicted molar refractivity (Wildman–Crippen MR) is 82.5 cm³/mol. The third-order valence-electron chi connectivity index (χ3n) is 2.62. The van der Waals surface area contributed by atoms with Crippen molar-refractivity contribution in [3.8, 4) is 0 Å². The van der Waals surface area contributed by atoms with Gasteiger partial charge >= 0.3 is 0 Å². The third-order valence-corrected chi connectivity index (χ3v) is 4.98. The second-order valence-corrected chi connectivity index (χ2v) is 6.98. The van der Waals surface area contributed by atoms with E-state index in [1.807, 2.05) is 38.1 Å². The molecule has 2 aromatic rings. The normalized spacial score (nSPS) is 10.7. The van der Waals surface area contributed by atoms with Crippen LogP contribution < -0.4 is 0 Å². The van der Waals surface area contributed by atoms with Crippen molar-refractivity contribution in [1.82, 2.24) is 4.98 Å². The van der Waals surface area contributed by atoms with Gasteiger partial charge in [0.2, 0.25) is 0 Å². The highest BCUT2D eigenvalue weighted by Crippen LogP contribution is 2.23. The predicted octanol–water partition coefficient (Wildman–Crippen LogP) is 4.32. The molecule has 0 aliphatic carbocycles. The van der Waals surface area contributed by atoms with Crippen LogP contribution in [0.5, 0.6) is 0 Å². The Morgan fingerprint density at radius 2 is 2.21 bits per heavy atom. The summed E-state index contributed by atoms with van der Waals surface area (Å²) in [7, 11) is 0. The number of Topliss-reactive ketones (excluding diaryl/α,β-unsaturated/α-hetero) is 1. The van der Waals surface area contributed by atoms with E-state index in [0.29, 0.717) is 17.2 Å². The number of hydrogen-bond acceptors (Lipinski definition) is 4. The summed E-state index contributed by atoms with van der Waals surface area (Å²) in [5.41, 5.74) is 1.02. The van der Waals surface area contributed by atoms with Gasteiger partial charge in [0.05, 0.1) is 17.9 Å². The zero-order valence-electron chi connectivity index (χ0n) is 10.8. The van der Waals surface area contributed by atoms with Crippen LogP contribution in [0.25, 0.3) is 0 Å². The monoisotopic (exact) mass is 311 g/mol. The Hall–Kier alpha value is -0.840. The number of carbonyl (C=O) groups excluding carboxylic acids is 1. The minimum absolute atomic E-state index is 0.193. The van der Waals surface area contributed by atoms with Crippen LogP contribution >= 0.6 is 34.7 Å². The number of halogens is 1. The standard InChI is InChI=1S/C14H14ClNOS2/c1-9-10(2)19-14(16-9)7-12(17)8-18-13-5-3-4-11(15)6-13/h3-6H,7-8H2,1-2H3. The number of ketones is 1. The van der Waals surface area contributed by atoms with Crippen LogP contribution in [0.2, 0.25) is 5.02 Å². The first-order chi connectivity index (χ1) is 9.04. The quantitative estimate of drug-likeness (QED) is 0.770. The van der Waals surface area contributed by atoms with E-state index in [4.69, 9.17) is 11.6 Å². The van der Waals surface area contributed by atoms with Gasteiger partial charge < -0.3 is 0 Å². The average molecular weight is 312 g/mol. The van der Waals surface area contributed by atoms with Crippen LogP contribution in [0.4, 0.5) is 0 Å². The zero-order chi connectivity index (χ0) is 13.8. The van der Waals surface area contributed by atoms with Crippen molar-refractivity contribution in [2.24, 2.45) is 0 Å². The van der Waals surface area contributed by atoms with Crippen molar-refractivity contribution < 1.29 is 4.79 Å². The van der Waals surface area contributed by atoms with Crippen molar-refractivity contribution in [1.29, 1.82) is 0 Å². The molecule has 0 aliphatic rings. The molecule has 19 heavy (non-hydrogen) atoms. The Balaban J connectivity index is 1.88. The molecule has 0 atom stereocenters. The lowest BCUT2D eigenvalue weighted by molar-refractivity contribution is -0.116. The first-order valence-corrected chi connectivity index (χ1v) is 8.05. The fourth-order valence-corrected chi connectivity index (χ4v) is 3.59. The molecule has 0 spiro atoms. The van der Waals surface area contributed by atoms with E-state index in [2.05, 4.69) is 4.98 Å². The van der Waals surface area contributed by atoms with Crippen LogP contribution in [0, 0.1) is 13.8 Å². The molecule has 0 fully saturated rings. The lowest BCUT2D eigenvalue weighted by atomic mass is 10.3.